The second-order valence-corrected chi connectivity index (χ2v) is 13.7. The monoisotopic (exact) mass is 632 g/mol. The first-order valence-electron chi connectivity index (χ1n) is 17.3. The molecule has 3 saturated heterocycles. The second-order valence-electron chi connectivity index (χ2n) is 13.7. The predicted octanol–water partition coefficient (Wildman–Crippen LogP) is 5.26. The van der Waals surface area contributed by atoms with Crippen LogP contribution in [-0.4, -0.2) is 92.1 Å². The summed E-state index contributed by atoms with van der Waals surface area (Å²) in [4.78, 5) is 45.6. The maximum Gasteiger partial charge on any atom is 0.253 e. The molecule has 2 atom stereocenters. The molecular weight excluding hydrogens is 583 g/mol. The second kappa shape index (κ2) is 15.1. The van der Waals surface area contributed by atoms with E-state index in [2.05, 4.69) is 39.4 Å². The Labute approximate surface area is 272 Å². The number of alkyl halides is 1. The van der Waals surface area contributed by atoms with Crippen molar-refractivity contribution in [3.8, 4) is 0 Å². The van der Waals surface area contributed by atoms with Crippen molar-refractivity contribution in [2.24, 2.45) is 11.8 Å². The van der Waals surface area contributed by atoms with E-state index >= 15 is 4.39 Å². The highest BCUT2D eigenvalue weighted by Crippen LogP contribution is 2.32. The van der Waals surface area contributed by atoms with Crippen LogP contribution in [0.15, 0.2) is 48.5 Å². The number of likely N-dealkylation sites (tertiary alicyclic amines) is 2. The number of carbonyl (C=O) groups excluding carboxylic acids is 3. The van der Waals surface area contributed by atoms with E-state index in [1.165, 1.54) is 24.1 Å². The van der Waals surface area contributed by atoms with Gasteiger partial charge in [-0.1, -0.05) is 12.1 Å². The first-order valence-corrected chi connectivity index (χ1v) is 17.3. The molecule has 1 saturated carbocycles. The lowest BCUT2D eigenvalue weighted by atomic mass is 9.78. The van der Waals surface area contributed by atoms with Crippen LogP contribution in [0.4, 0.5) is 10.1 Å². The first kappa shape index (κ1) is 32.6. The molecule has 2 amide bonds. The van der Waals surface area contributed by atoms with Gasteiger partial charge in [0, 0.05) is 81.6 Å². The van der Waals surface area contributed by atoms with Crippen molar-refractivity contribution >= 4 is 23.3 Å². The topological polar surface area (TPSA) is 82.2 Å². The molecule has 248 valence electrons. The van der Waals surface area contributed by atoms with Crippen molar-refractivity contribution in [2.75, 3.05) is 51.3 Å². The van der Waals surface area contributed by atoms with Gasteiger partial charge >= 0.3 is 0 Å². The van der Waals surface area contributed by atoms with Gasteiger partial charge in [0.05, 0.1) is 12.1 Å². The average molecular weight is 633 g/mol. The fourth-order valence-electron chi connectivity index (χ4n) is 7.80. The Bertz CT molecular complexity index is 1330. The summed E-state index contributed by atoms with van der Waals surface area (Å²) in [5, 5.41) is 2.89. The van der Waals surface area contributed by atoms with Crippen LogP contribution in [0, 0.1) is 11.8 Å². The van der Waals surface area contributed by atoms with Crippen molar-refractivity contribution in [2.45, 2.75) is 82.6 Å². The smallest absolute Gasteiger partial charge is 0.253 e. The lowest BCUT2D eigenvalue weighted by molar-refractivity contribution is -0.129. The van der Waals surface area contributed by atoms with E-state index < -0.39 is 12.2 Å². The molecular formula is C37H49FN4O4. The van der Waals surface area contributed by atoms with Crippen molar-refractivity contribution < 1.29 is 23.5 Å². The Balaban J connectivity index is 0.934. The molecule has 1 aliphatic carbocycles. The molecule has 4 fully saturated rings. The number of ether oxygens (including phenoxy) is 1. The number of nitrogens with zero attached hydrogens (tertiary/aromatic N) is 3. The van der Waals surface area contributed by atoms with Gasteiger partial charge in [-0.25, -0.2) is 4.39 Å². The summed E-state index contributed by atoms with van der Waals surface area (Å²) >= 11 is 0. The van der Waals surface area contributed by atoms with E-state index in [0.29, 0.717) is 62.4 Å². The van der Waals surface area contributed by atoms with E-state index in [-0.39, 0.29) is 36.3 Å². The largest absolute Gasteiger partial charge is 0.381 e. The fraction of sp³-hybridized carbons (Fsp3) is 0.595. The van der Waals surface area contributed by atoms with E-state index in [0.717, 1.165) is 38.8 Å². The van der Waals surface area contributed by atoms with Gasteiger partial charge < -0.3 is 19.9 Å². The zero-order valence-corrected chi connectivity index (χ0v) is 27.2. The van der Waals surface area contributed by atoms with Crippen molar-refractivity contribution in [1.82, 2.24) is 15.1 Å². The van der Waals surface area contributed by atoms with Crippen molar-refractivity contribution in [1.29, 1.82) is 0 Å². The summed E-state index contributed by atoms with van der Waals surface area (Å²) in [6.45, 7) is 5.04. The summed E-state index contributed by atoms with van der Waals surface area (Å²) in [7, 11) is 1.74. The van der Waals surface area contributed by atoms with Gasteiger partial charge in [0.2, 0.25) is 0 Å². The molecule has 0 bridgehead atoms. The molecule has 1 N–H and O–H groups in total. The van der Waals surface area contributed by atoms with Gasteiger partial charge in [0.15, 0.2) is 0 Å². The standard InChI is InChI=1S/C37H49FN4O4/c1-46-32-14-10-27(11-15-32)35(43)28-16-22-42(23-17-28)37(45)30-8-6-29(7-9-30)36(44)39-34-18-21-40(25-33(34)38)24-26-4-12-31(13-5-26)41-19-2-3-20-41/h4-9,12-13,27-28,32-34H,2-3,10-11,14-25H2,1H3,(H,39,44)/t27?,32?,33-,34?/m1/s1. The third-order valence-corrected chi connectivity index (χ3v) is 10.7. The molecule has 46 heavy (non-hydrogen) atoms. The minimum atomic E-state index is -1.15. The highest BCUT2D eigenvalue weighted by molar-refractivity contribution is 5.98. The van der Waals surface area contributed by atoms with E-state index in [9.17, 15) is 14.4 Å². The Morgan fingerprint density at radius 1 is 0.783 bits per heavy atom. The number of benzene rings is 2. The summed E-state index contributed by atoms with van der Waals surface area (Å²) in [6, 6.07) is 14.7. The molecule has 1 unspecified atom stereocenters. The van der Waals surface area contributed by atoms with Crippen LogP contribution in [-0.2, 0) is 16.1 Å². The number of piperidine rings is 2. The number of methoxy groups -OCH3 is 1. The van der Waals surface area contributed by atoms with Crippen LogP contribution in [0.25, 0.3) is 0 Å². The Hall–Kier alpha value is -3.30. The van der Waals surface area contributed by atoms with E-state index in [1.807, 2.05) is 4.90 Å². The third-order valence-electron chi connectivity index (χ3n) is 10.7. The van der Waals surface area contributed by atoms with Crippen LogP contribution in [0.1, 0.15) is 84.1 Å². The summed E-state index contributed by atoms with van der Waals surface area (Å²) in [6.07, 6.45) is 7.24. The lowest BCUT2D eigenvalue weighted by Gasteiger charge is -2.35. The van der Waals surface area contributed by atoms with Gasteiger partial charge in [0.1, 0.15) is 12.0 Å². The number of ketones is 1. The molecule has 0 radical (unpaired) electrons. The zero-order chi connectivity index (χ0) is 32.0. The number of halogens is 1. The summed E-state index contributed by atoms with van der Waals surface area (Å²) in [5.41, 5.74) is 3.36. The molecule has 0 spiro atoms. The average Bonchev–Trinajstić information content (AvgIpc) is 3.65. The first-order chi connectivity index (χ1) is 22.4. The molecule has 4 aliphatic rings. The quantitative estimate of drug-likeness (QED) is 0.407. The van der Waals surface area contributed by atoms with Gasteiger partial charge in [-0.2, -0.15) is 0 Å². The number of hydrogen-bond acceptors (Lipinski definition) is 6. The maximum absolute atomic E-state index is 15.2. The molecule has 9 heteroatoms. The van der Waals surface area contributed by atoms with E-state index in [1.54, 1.807) is 31.4 Å². The maximum atomic E-state index is 15.2. The summed E-state index contributed by atoms with van der Waals surface area (Å²) < 4.78 is 20.6. The number of hydrogen-bond donors (Lipinski definition) is 1. The molecule has 6 rings (SSSR count). The molecule has 0 aromatic heterocycles. The SMILES string of the molecule is COC1CCC(C(=O)C2CCN(C(=O)c3ccc(C(=O)NC4CCN(Cc5ccc(N6CCCC6)cc5)C[C@H]4F)cc3)CC2)CC1. The Kier molecular flexibility index (Phi) is 10.7. The Morgan fingerprint density at radius 3 is 2.04 bits per heavy atom. The zero-order valence-electron chi connectivity index (χ0n) is 27.2. The van der Waals surface area contributed by atoms with Gasteiger partial charge in [0.25, 0.3) is 11.8 Å². The molecule has 8 nitrogen and oxygen atoms in total. The van der Waals surface area contributed by atoms with Gasteiger partial charge in [-0.15, -0.1) is 0 Å². The molecule has 2 aromatic carbocycles. The number of rotatable bonds is 9. The molecule has 2 aromatic rings. The van der Waals surface area contributed by atoms with Crippen LogP contribution in [0.2, 0.25) is 0 Å². The van der Waals surface area contributed by atoms with Crippen molar-refractivity contribution in [3.05, 3.63) is 65.2 Å². The summed E-state index contributed by atoms with van der Waals surface area (Å²) in [5.74, 6) is 0.106. The van der Waals surface area contributed by atoms with Gasteiger partial charge in [-0.3, -0.25) is 19.3 Å². The number of anilines is 1. The minimum absolute atomic E-state index is 0.0246. The van der Waals surface area contributed by atoms with E-state index in [4.69, 9.17) is 4.74 Å². The highest BCUT2D eigenvalue weighted by Gasteiger charge is 2.34. The van der Waals surface area contributed by atoms with Crippen molar-refractivity contribution in [3.63, 3.8) is 0 Å². The number of amides is 2. The normalized spacial score (nSPS) is 26.2. The van der Waals surface area contributed by atoms with Crippen LogP contribution in [0.5, 0.6) is 0 Å². The predicted molar refractivity (Wildman–Crippen MR) is 177 cm³/mol. The third kappa shape index (κ3) is 7.80. The molecule has 3 aliphatic heterocycles. The number of nitrogens with one attached hydrogen (secondary N) is 1. The minimum Gasteiger partial charge on any atom is -0.381 e. The van der Waals surface area contributed by atoms with Crippen LogP contribution >= 0.6 is 0 Å². The van der Waals surface area contributed by atoms with Crippen LogP contribution < -0.4 is 10.2 Å². The Morgan fingerprint density at radius 2 is 1.41 bits per heavy atom. The molecule has 3 heterocycles. The van der Waals surface area contributed by atoms with Crippen LogP contribution in [0.3, 0.4) is 0 Å². The number of Topliss-reactive ketones (excluding diaryl/α,β-unsaturated/α-hetero) is 1. The fourth-order valence-corrected chi connectivity index (χ4v) is 7.80. The van der Waals surface area contributed by atoms with Gasteiger partial charge in [-0.05, 0) is 99.7 Å². The number of carbonyl (C=O) groups is 3. The lowest BCUT2D eigenvalue weighted by Crippen LogP contribution is -2.52. The highest BCUT2D eigenvalue weighted by atomic mass is 19.1.